The molecule has 0 saturated carbocycles. The molecule has 0 bridgehead atoms. The van der Waals surface area contributed by atoms with E-state index in [-0.39, 0.29) is 23.7 Å². The van der Waals surface area contributed by atoms with Gasteiger partial charge in [-0.25, -0.2) is 12.8 Å². The minimum Gasteiger partial charge on any atom is -0.451 e. The Bertz CT molecular complexity index is 1310. The highest BCUT2D eigenvalue weighted by Crippen LogP contribution is 2.32. The first-order valence-corrected chi connectivity index (χ1v) is 12.7. The molecule has 1 N–H and O–H groups in total. The van der Waals surface area contributed by atoms with E-state index in [9.17, 15) is 17.6 Å². The first-order chi connectivity index (χ1) is 16.3. The average molecular weight is 490 g/mol. The summed E-state index contributed by atoms with van der Waals surface area (Å²) >= 11 is 0. The summed E-state index contributed by atoms with van der Waals surface area (Å²) in [6, 6.07) is 8.81. The van der Waals surface area contributed by atoms with Crippen molar-refractivity contribution in [3.63, 3.8) is 0 Å². The molecule has 182 valence electrons. The van der Waals surface area contributed by atoms with Crippen LogP contribution in [0, 0.1) is 12.7 Å². The third-order valence-electron chi connectivity index (χ3n) is 6.03. The summed E-state index contributed by atoms with van der Waals surface area (Å²) in [5, 5.41) is 3.34. The Kier molecular flexibility index (Phi) is 6.92. The van der Waals surface area contributed by atoms with Crippen LogP contribution >= 0.6 is 0 Å². The Morgan fingerprint density at radius 1 is 1.12 bits per heavy atom. The van der Waals surface area contributed by atoms with Crippen molar-refractivity contribution in [2.45, 2.75) is 25.7 Å². The summed E-state index contributed by atoms with van der Waals surface area (Å²) < 4.78 is 52.5. The van der Waals surface area contributed by atoms with Gasteiger partial charge < -0.3 is 19.4 Å². The molecule has 34 heavy (non-hydrogen) atoms. The van der Waals surface area contributed by atoms with E-state index >= 15 is 0 Å². The van der Waals surface area contributed by atoms with Gasteiger partial charge >= 0.3 is 0 Å². The number of aryl methyl sites for hydroxylation is 1. The number of benzene rings is 2. The molecule has 1 aliphatic heterocycles. The highest BCUT2D eigenvalue weighted by molar-refractivity contribution is 7.89. The molecular weight excluding hydrogens is 461 g/mol. The van der Waals surface area contributed by atoms with E-state index < -0.39 is 21.7 Å². The fraction of sp³-hybridized carbons (Fsp3) is 0.375. The van der Waals surface area contributed by atoms with Crippen LogP contribution in [0.3, 0.4) is 0 Å². The fourth-order valence-corrected chi connectivity index (χ4v) is 5.58. The number of ether oxygens (including phenoxy) is 1. The van der Waals surface area contributed by atoms with Crippen molar-refractivity contribution in [1.29, 1.82) is 0 Å². The van der Waals surface area contributed by atoms with Crippen molar-refractivity contribution in [2.75, 3.05) is 49.6 Å². The van der Waals surface area contributed by atoms with Gasteiger partial charge in [-0.05, 0) is 57.2 Å². The number of fused-ring (bicyclic) bond motifs is 1. The van der Waals surface area contributed by atoms with Crippen molar-refractivity contribution in [3.8, 4) is 0 Å². The molecule has 2 heterocycles. The molecule has 0 unspecified atom stereocenters. The number of morpholine rings is 1. The number of hydrogen-bond donors (Lipinski definition) is 1. The number of nitrogens with zero attached hydrogens (tertiary/aromatic N) is 2. The van der Waals surface area contributed by atoms with Crippen molar-refractivity contribution >= 4 is 38.3 Å². The molecular formula is C24H28FN3O5S. The predicted octanol–water partition coefficient (Wildman–Crippen LogP) is 4.00. The highest BCUT2D eigenvalue weighted by Gasteiger charge is 2.28. The van der Waals surface area contributed by atoms with Gasteiger partial charge in [-0.1, -0.05) is 0 Å². The van der Waals surface area contributed by atoms with E-state index in [0.29, 0.717) is 54.2 Å². The number of amides is 1. The molecule has 0 radical (unpaired) electrons. The van der Waals surface area contributed by atoms with E-state index in [1.165, 1.54) is 28.6 Å². The Morgan fingerprint density at radius 2 is 1.82 bits per heavy atom. The zero-order valence-corrected chi connectivity index (χ0v) is 20.2. The molecule has 1 saturated heterocycles. The quantitative estimate of drug-likeness (QED) is 0.539. The zero-order valence-electron chi connectivity index (χ0n) is 19.4. The lowest BCUT2D eigenvalue weighted by Crippen LogP contribution is -2.40. The summed E-state index contributed by atoms with van der Waals surface area (Å²) in [7, 11) is -3.76. The summed E-state index contributed by atoms with van der Waals surface area (Å²) in [4.78, 5) is 15.3. The largest absolute Gasteiger partial charge is 0.451 e. The van der Waals surface area contributed by atoms with Crippen LogP contribution < -0.4 is 10.2 Å². The van der Waals surface area contributed by atoms with Gasteiger partial charge in [-0.2, -0.15) is 4.31 Å². The van der Waals surface area contributed by atoms with Gasteiger partial charge in [-0.15, -0.1) is 0 Å². The third-order valence-corrected chi connectivity index (χ3v) is 7.93. The molecule has 0 atom stereocenters. The van der Waals surface area contributed by atoms with Gasteiger partial charge in [0.15, 0.2) is 5.76 Å². The van der Waals surface area contributed by atoms with Crippen LogP contribution in [0.4, 0.5) is 15.8 Å². The average Bonchev–Trinajstić information content (AvgIpc) is 3.17. The van der Waals surface area contributed by atoms with E-state index in [1.54, 1.807) is 19.1 Å². The minimum atomic E-state index is -3.76. The monoisotopic (exact) mass is 489 g/mol. The number of rotatable bonds is 7. The number of nitrogens with one attached hydrogen (secondary N) is 1. The zero-order chi connectivity index (χ0) is 24.5. The molecule has 1 amide bonds. The van der Waals surface area contributed by atoms with Gasteiger partial charge in [-0.3, -0.25) is 4.79 Å². The fourth-order valence-electron chi connectivity index (χ4n) is 4.14. The summed E-state index contributed by atoms with van der Waals surface area (Å²) in [6.45, 7) is 8.20. The molecule has 10 heteroatoms. The lowest BCUT2D eigenvalue weighted by atomic mass is 10.1. The van der Waals surface area contributed by atoms with E-state index in [4.69, 9.17) is 9.15 Å². The number of halogens is 1. The number of carbonyl (C=O) groups is 1. The van der Waals surface area contributed by atoms with Gasteiger partial charge in [0.2, 0.25) is 10.0 Å². The van der Waals surface area contributed by atoms with Crippen molar-refractivity contribution in [2.24, 2.45) is 0 Å². The van der Waals surface area contributed by atoms with Gasteiger partial charge in [0.25, 0.3) is 5.91 Å². The smallest absolute Gasteiger partial charge is 0.291 e. The van der Waals surface area contributed by atoms with Crippen LogP contribution in [0.2, 0.25) is 0 Å². The normalized spacial score (nSPS) is 14.9. The van der Waals surface area contributed by atoms with E-state index in [2.05, 4.69) is 5.32 Å². The predicted molar refractivity (Wildman–Crippen MR) is 128 cm³/mol. The number of furan rings is 1. The van der Waals surface area contributed by atoms with E-state index in [0.717, 1.165) is 0 Å². The Balaban J connectivity index is 1.73. The highest BCUT2D eigenvalue weighted by atomic mass is 32.2. The maximum Gasteiger partial charge on any atom is 0.291 e. The molecule has 0 aliphatic carbocycles. The van der Waals surface area contributed by atoms with Crippen molar-refractivity contribution in [3.05, 3.63) is 53.5 Å². The Hall–Kier alpha value is -2.95. The van der Waals surface area contributed by atoms with E-state index in [1.807, 2.05) is 18.7 Å². The number of carbonyl (C=O) groups excluding carboxylic acids is 1. The summed E-state index contributed by atoms with van der Waals surface area (Å²) in [6.07, 6.45) is 0. The van der Waals surface area contributed by atoms with Gasteiger partial charge in [0, 0.05) is 37.1 Å². The second kappa shape index (κ2) is 9.73. The summed E-state index contributed by atoms with van der Waals surface area (Å²) in [5.41, 5.74) is 1.96. The lowest BCUT2D eigenvalue weighted by Gasteiger charge is -2.28. The molecule has 0 spiro atoms. The Morgan fingerprint density at radius 3 is 2.50 bits per heavy atom. The molecule has 1 aliphatic rings. The SMILES string of the molecule is CCN(CC)c1ccc(S(=O)(=O)N2CCOCC2)cc1NC(=O)c1oc2ccc(F)cc2c1C. The first kappa shape index (κ1) is 24.2. The maximum atomic E-state index is 13.7. The first-order valence-electron chi connectivity index (χ1n) is 11.2. The van der Waals surface area contributed by atoms with Gasteiger partial charge in [0.1, 0.15) is 11.4 Å². The molecule has 2 aromatic carbocycles. The Labute approximate surface area is 198 Å². The topological polar surface area (TPSA) is 92.1 Å². The van der Waals surface area contributed by atoms with Gasteiger partial charge in [0.05, 0.1) is 29.5 Å². The summed E-state index contributed by atoms with van der Waals surface area (Å²) in [5.74, 6) is -0.913. The standard InChI is InChI=1S/C24H28FN3O5S/c1-4-27(5-2)21-8-7-18(34(30,31)28-10-12-32-13-11-28)15-20(21)26-24(29)23-16(3)19-14-17(25)6-9-22(19)33-23/h6-9,14-15H,4-5,10-13H2,1-3H3,(H,26,29). The van der Waals surface area contributed by atoms with Crippen molar-refractivity contribution < 1.29 is 26.8 Å². The molecule has 3 aromatic rings. The molecule has 1 aromatic heterocycles. The number of anilines is 2. The second-order valence-corrected chi connectivity index (χ2v) is 9.96. The van der Waals surface area contributed by atoms with Crippen LogP contribution in [-0.2, 0) is 14.8 Å². The van der Waals surface area contributed by atoms with Crippen LogP contribution in [0.25, 0.3) is 11.0 Å². The van der Waals surface area contributed by atoms with Crippen LogP contribution in [0.1, 0.15) is 30.0 Å². The van der Waals surface area contributed by atoms with Crippen molar-refractivity contribution in [1.82, 2.24) is 4.31 Å². The van der Waals surface area contributed by atoms with Crippen LogP contribution in [0.15, 0.2) is 45.7 Å². The maximum absolute atomic E-state index is 13.7. The molecule has 4 rings (SSSR count). The second-order valence-electron chi connectivity index (χ2n) is 8.02. The molecule has 1 fully saturated rings. The molecule has 8 nitrogen and oxygen atoms in total. The lowest BCUT2D eigenvalue weighted by molar-refractivity contribution is 0.0730. The number of sulfonamides is 1. The third kappa shape index (κ3) is 4.53. The minimum absolute atomic E-state index is 0.0486. The number of hydrogen-bond acceptors (Lipinski definition) is 6. The van der Waals surface area contributed by atoms with Crippen LogP contribution in [-0.4, -0.2) is 58.0 Å². The van der Waals surface area contributed by atoms with Crippen LogP contribution in [0.5, 0.6) is 0 Å².